The highest BCUT2D eigenvalue weighted by molar-refractivity contribution is 5.94. The van der Waals surface area contributed by atoms with Gasteiger partial charge in [-0.15, -0.1) is 0 Å². The van der Waals surface area contributed by atoms with Crippen molar-refractivity contribution in [3.63, 3.8) is 0 Å². The molecule has 0 heterocycles. The van der Waals surface area contributed by atoms with Gasteiger partial charge in [-0.05, 0) is 19.4 Å². The van der Waals surface area contributed by atoms with Gasteiger partial charge in [-0.1, -0.05) is 12.1 Å². The maximum Gasteiger partial charge on any atom is 0.345 e. The Balaban J connectivity index is 3.17. The monoisotopic (exact) mass is 267 g/mol. The normalized spacial score (nSPS) is 9.95. The fraction of sp³-hybridized carbons (Fsp3) is 0.333. The second kappa shape index (κ2) is 6.48. The van der Waals surface area contributed by atoms with Crippen molar-refractivity contribution >= 4 is 17.6 Å². The Kier molecular flexibility index (Phi) is 4.99. The molecule has 1 aromatic carbocycles. The third kappa shape index (κ3) is 3.77. The Morgan fingerprint density at radius 2 is 2.11 bits per heavy atom. The van der Waals surface area contributed by atoms with Crippen molar-refractivity contribution in [2.75, 3.05) is 6.61 Å². The van der Waals surface area contributed by atoms with Crippen LogP contribution in [0, 0.1) is 10.1 Å². The van der Waals surface area contributed by atoms with Crippen LogP contribution in [-0.2, 0) is 16.0 Å². The highest BCUT2D eigenvalue weighted by Crippen LogP contribution is 2.25. The molecule has 0 fully saturated rings. The molecule has 0 atom stereocenters. The van der Waals surface area contributed by atoms with E-state index >= 15 is 0 Å². The lowest BCUT2D eigenvalue weighted by atomic mass is 10.0. The van der Waals surface area contributed by atoms with E-state index in [2.05, 4.69) is 0 Å². The number of hydrogen-bond acceptors (Lipinski definition) is 5. The van der Waals surface area contributed by atoms with Crippen molar-refractivity contribution in [2.24, 2.45) is 0 Å². The number of aliphatic carboxylic acids is 1. The summed E-state index contributed by atoms with van der Waals surface area (Å²) in [6.45, 7) is 1.70. The van der Waals surface area contributed by atoms with Gasteiger partial charge >= 0.3 is 11.9 Å². The van der Waals surface area contributed by atoms with Crippen LogP contribution in [0.15, 0.2) is 18.2 Å². The third-order valence-corrected chi connectivity index (χ3v) is 2.41. The van der Waals surface area contributed by atoms with Gasteiger partial charge in [0.15, 0.2) is 0 Å². The Labute approximate surface area is 109 Å². The molecule has 0 aromatic heterocycles. The second-order valence-electron chi connectivity index (χ2n) is 3.68. The number of carboxylic acids is 1. The maximum absolute atomic E-state index is 11.6. The molecular weight excluding hydrogens is 254 g/mol. The highest BCUT2D eigenvalue weighted by Gasteiger charge is 2.25. The van der Waals surface area contributed by atoms with Crippen LogP contribution in [0.3, 0.4) is 0 Å². The molecule has 0 saturated heterocycles. The van der Waals surface area contributed by atoms with Gasteiger partial charge in [0.2, 0.25) is 0 Å². The molecule has 0 bridgehead atoms. The van der Waals surface area contributed by atoms with Gasteiger partial charge in [-0.3, -0.25) is 14.9 Å². The fourth-order valence-electron chi connectivity index (χ4n) is 1.62. The number of rotatable bonds is 6. The largest absolute Gasteiger partial charge is 0.481 e. The summed E-state index contributed by atoms with van der Waals surface area (Å²) in [4.78, 5) is 32.5. The summed E-state index contributed by atoms with van der Waals surface area (Å²) in [6, 6.07) is 4.20. The summed E-state index contributed by atoms with van der Waals surface area (Å²) in [5.41, 5.74) is -0.338. The first-order valence-corrected chi connectivity index (χ1v) is 5.62. The summed E-state index contributed by atoms with van der Waals surface area (Å²) >= 11 is 0. The summed E-state index contributed by atoms with van der Waals surface area (Å²) in [5, 5.41) is 19.7. The van der Waals surface area contributed by atoms with Gasteiger partial charge in [0.1, 0.15) is 5.56 Å². The molecule has 7 nitrogen and oxygen atoms in total. The lowest BCUT2D eigenvalue weighted by molar-refractivity contribution is -0.385. The molecule has 19 heavy (non-hydrogen) atoms. The van der Waals surface area contributed by atoms with E-state index in [0.717, 1.165) is 0 Å². The van der Waals surface area contributed by atoms with E-state index in [4.69, 9.17) is 9.84 Å². The smallest absolute Gasteiger partial charge is 0.345 e. The van der Waals surface area contributed by atoms with E-state index in [0.29, 0.717) is 0 Å². The molecule has 0 aliphatic heterocycles. The number of esters is 1. The minimum Gasteiger partial charge on any atom is -0.481 e. The molecule has 0 aliphatic rings. The number of ether oxygens (including phenoxy) is 1. The van der Waals surface area contributed by atoms with Crippen LogP contribution in [0.2, 0.25) is 0 Å². The standard InChI is InChI=1S/C12H13NO6/c1-2-19-12(16)9-5-3-4-8(6-7-10(14)15)11(9)13(17)18/h3-5H,2,6-7H2,1H3,(H,14,15). The number of nitrogens with zero attached hydrogens (tertiary/aromatic N) is 1. The summed E-state index contributed by atoms with van der Waals surface area (Å²) < 4.78 is 4.74. The van der Waals surface area contributed by atoms with E-state index in [1.165, 1.54) is 18.2 Å². The van der Waals surface area contributed by atoms with Crippen LogP contribution in [0.1, 0.15) is 29.3 Å². The molecule has 1 rings (SSSR count). The minimum atomic E-state index is -1.06. The average Bonchev–Trinajstić information content (AvgIpc) is 2.35. The van der Waals surface area contributed by atoms with Gasteiger partial charge in [-0.2, -0.15) is 0 Å². The fourth-order valence-corrected chi connectivity index (χ4v) is 1.62. The molecule has 0 radical (unpaired) electrons. The topological polar surface area (TPSA) is 107 Å². The molecule has 1 aromatic rings. The van der Waals surface area contributed by atoms with E-state index in [-0.39, 0.29) is 36.3 Å². The van der Waals surface area contributed by atoms with Crippen molar-refractivity contribution < 1.29 is 24.4 Å². The van der Waals surface area contributed by atoms with Crippen molar-refractivity contribution in [3.8, 4) is 0 Å². The van der Waals surface area contributed by atoms with Crippen LogP contribution in [0.4, 0.5) is 5.69 Å². The molecular formula is C12H13NO6. The van der Waals surface area contributed by atoms with E-state index in [1.807, 2.05) is 0 Å². The number of carbonyl (C=O) groups is 2. The second-order valence-corrected chi connectivity index (χ2v) is 3.68. The molecule has 7 heteroatoms. The van der Waals surface area contributed by atoms with Crippen molar-refractivity contribution in [3.05, 3.63) is 39.4 Å². The lowest BCUT2D eigenvalue weighted by Crippen LogP contribution is -2.10. The number of aryl methyl sites for hydroxylation is 1. The van der Waals surface area contributed by atoms with Crippen LogP contribution in [0.5, 0.6) is 0 Å². The Morgan fingerprint density at radius 3 is 2.63 bits per heavy atom. The van der Waals surface area contributed by atoms with E-state index in [1.54, 1.807) is 6.92 Å². The van der Waals surface area contributed by atoms with Crippen molar-refractivity contribution in [1.29, 1.82) is 0 Å². The van der Waals surface area contributed by atoms with Gasteiger partial charge in [0, 0.05) is 12.0 Å². The first-order valence-electron chi connectivity index (χ1n) is 5.62. The van der Waals surface area contributed by atoms with Gasteiger partial charge in [0.05, 0.1) is 11.5 Å². The Morgan fingerprint density at radius 1 is 1.42 bits per heavy atom. The Bertz CT molecular complexity index is 511. The third-order valence-electron chi connectivity index (χ3n) is 2.41. The molecule has 0 amide bonds. The van der Waals surface area contributed by atoms with Crippen molar-refractivity contribution in [1.82, 2.24) is 0 Å². The number of nitro benzene ring substituents is 1. The summed E-state index contributed by atoms with van der Waals surface area (Å²) in [7, 11) is 0. The molecule has 0 unspecified atom stereocenters. The maximum atomic E-state index is 11.6. The van der Waals surface area contributed by atoms with E-state index < -0.39 is 16.9 Å². The number of carbonyl (C=O) groups excluding carboxylic acids is 1. The first-order chi connectivity index (χ1) is 8.97. The van der Waals surface area contributed by atoms with E-state index in [9.17, 15) is 19.7 Å². The van der Waals surface area contributed by atoms with Gasteiger partial charge in [0.25, 0.3) is 5.69 Å². The number of para-hydroxylation sites is 1. The lowest BCUT2D eigenvalue weighted by Gasteiger charge is -2.06. The minimum absolute atomic E-state index is 0.0150. The number of nitro groups is 1. The van der Waals surface area contributed by atoms with Crippen LogP contribution in [-0.4, -0.2) is 28.6 Å². The zero-order valence-corrected chi connectivity index (χ0v) is 10.3. The number of hydrogen-bond donors (Lipinski definition) is 1. The van der Waals surface area contributed by atoms with Crippen molar-refractivity contribution in [2.45, 2.75) is 19.8 Å². The number of benzene rings is 1. The zero-order valence-electron chi connectivity index (χ0n) is 10.3. The van der Waals surface area contributed by atoms with Crippen LogP contribution >= 0.6 is 0 Å². The van der Waals surface area contributed by atoms with Crippen LogP contribution < -0.4 is 0 Å². The summed E-state index contributed by atoms with van der Waals surface area (Å²) in [6.07, 6.45) is -0.258. The molecule has 0 spiro atoms. The number of carboxylic acid groups (broad SMARTS) is 1. The highest BCUT2D eigenvalue weighted by atomic mass is 16.6. The van der Waals surface area contributed by atoms with Crippen LogP contribution in [0.25, 0.3) is 0 Å². The predicted molar refractivity (Wildman–Crippen MR) is 65.0 cm³/mol. The zero-order chi connectivity index (χ0) is 14.4. The van der Waals surface area contributed by atoms with Gasteiger partial charge in [-0.25, -0.2) is 4.79 Å². The summed E-state index contributed by atoms with van der Waals surface area (Å²) in [5.74, 6) is -1.85. The average molecular weight is 267 g/mol. The molecule has 0 aliphatic carbocycles. The molecule has 102 valence electrons. The Hall–Kier alpha value is -2.44. The molecule has 0 saturated carbocycles. The predicted octanol–water partition coefficient (Wildman–Crippen LogP) is 1.79. The quantitative estimate of drug-likeness (QED) is 0.478. The first kappa shape index (κ1) is 14.6. The SMILES string of the molecule is CCOC(=O)c1cccc(CCC(=O)O)c1[N+](=O)[O-]. The molecule has 1 N–H and O–H groups in total. The van der Waals surface area contributed by atoms with Gasteiger partial charge < -0.3 is 9.84 Å².